The van der Waals surface area contributed by atoms with Crippen LogP contribution in [-0.4, -0.2) is 54.9 Å². The first-order chi connectivity index (χ1) is 6.72. The largest absolute Gasteiger partial charge is 0.304 e. The van der Waals surface area contributed by atoms with E-state index in [2.05, 4.69) is 39.7 Å². The van der Waals surface area contributed by atoms with Gasteiger partial charge in [-0.15, -0.1) is 0 Å². The standard InChI is InChI=1S/C11H23BrN2/c1-11(3-5-12)4-6-14-9-7-13(2)8-10-14/h11H,3-10H2,1-2H3. The molecular weight excluding hydrogens is 240 g/mol. The number of likely N-dealkylation sites (N-methyl/N-ethyl adjacent to an activating group) is 1. The summed E-state index contributed by atoms with van der Waals surface area (Å²) >= 11 is 3.50. The molecule has 0 spiro atoms. The molecule has 1 saturated heterocycles. The molecular formula is C11H23BrN2. The highest BCUT2D eigenvalue weighted by molar-refractivity contribution is 9.09. The second-order valence-electron chi connectivity index (χ2n) is 4.52. The van der Waals surface area contributed by atoms with Crippen molar-refractivity contribution in [2.45, 2.75) is 19.8 Å². The fourth-order valence-electron chi connectivity index (χ4n) is 1.81. The molecule has 0 amide bonds. The minimum atomic E-state index is 0.869. The van der Waals surface area contributed by atoms with Gasteiger partial charge in [0.15, 0.2) is 0 Å². The van der Waals surface area contributed by atoms with Crippen LogP contribution in [0.2, 0.25) is 0 Å². The number of hydrogen-bond acceptors (Lipinski definition) is 2. The summed E-state index contributed by atoms with van der Waals surface area (Å²) in [6.07, 6.45) is 2.67. The molecule has 0 aromatic heterocycles. The number of piperazine rings is 1. The van der Waals surface area contributed by atoms with Crippen LogP contribution in [0.3, 0.4) is 0 Å². The van der Waals surface area contributed by atoms with Crippen LogP contribution in [-0.2, 0) is 0 Å². The van der Waals surface area contributed by atoms with Gasteiger partial charge in [-0.25, -0.2) is 0 Å². The predicted molar refractivity (Wildman–Crippen MR) is 66.1 cm³/mol. The van der Waals surface area contributed by atoms with Crippen molar-refractivity contribution in [3.05, 3.63) is 0 Å². The molecule has 0 aromatic rings. The van der Waals surface area contributed by atoms with Crippen LogP contribution in [0.15, 0.2) is 0 Å². The monoisotopic (exact) mass is 262 g/mol. The summed E-state index contributed by atoms with van der Waals surface area (Å²) in [5.74, 6) is 0.869. The first-order valence-corrected chi connectivity index (χ1v) is 6.81. The van der Waals surface area contributed by atoms with E-state index in [0.717, 1.165) is 11.2 Å². The molecule has 0 radical (unpaired) electrons. The topological polar surface area (TPSA) is 6.48 Å². The highest BCUT2D eigenvalue weighted by atomic mass is 79.9. The second kappa shape index (κ2) is 6.81. The van der Waals surface area contributed by atoms with Gasteiger partial charge >= 0.3 is 0 Å². The van der Waals surface area contributed by atoms with Crippen LogP contribution in [0, 0.1) is 5.92 Å². The summed E-state index contributed by atoms with van der Waals surface area (Å²) in [7, 11) is 2.21. The van der Waals surface area contributed by atoms with Gasteiger partial charge in [0.05, 0.1) is 0 Å². The van der Waals surface area contributed by atoms with Crippen molar-refractivity contribution < 1.29 is 0 Å². The van der Waals surface area contributed by atoms with Crippen molar-refractivity contribution in [1.29, 1.82) is 0 Å². The Kier molecular flexibility index (Phi) is 6.06. The number of rotatable bonds is 5. The number of nitrogens with zero attached hydrogens (tertiary/aromatic N) is 2. The van der Waals surface area contributed by atoms with E-state index in [4.69, 9.17) is 0 Å². The maximum atomic E-state index is 3.50. The zero-order chi connectivity index (χ0) is 10.4. The highest BCUT2D eigenvalue weighted by Gasteiger charge is 2.13. The van der Waals surface area contributed by atoms with Crippen molar-refractivity contribution in [2.75, 3.05) is 45.1 Å². The van der Waals surface area contributed by atoms with Gasteiger partial charge in [0.25, 0.3) is 0 Å². The highest BCUT2D eigenvalue weighted by Crippen LogP contribution is 2.11. The molecule has 0 N–H and O–H groups in total. The van der Waals surface area contributed by atoms with E-state index in [1.807, 2.05) is 0 Å². The van der Waals surface area contributed by atoms with Crippen molar-refractivity contribution in [1.82, 2.24) is 9.80 Å². The van der Waals surface area contributed by atoms with E-state index >= 15 is 0 Å². The Labute approximate surface area is 96.8 Å². The molecule has 0 aliphatic carbocycles. The van der Waals surface area contributed by atoms with Gasteiger partial charge < -0.3 is 9.80 Å². The van der Waals surface area contributed by atoms with E-state index in [1.54, 1.807) is 0 Å². The lowest BCUT2D eigenvalue weighted by Gasteiger charge is -2.32. The van der Waals surface area contributed by atoms with E-state index < -0.39 is 0 Å². The first-order valence-electron chi connectivity index (χ1n) is 5.69. The van der Waals surface area contributed by atoms with Gasteiger partial charge in [-0.2, -0.15) is 0 Å². The summed E-state index contributed by atoms with van der Waals surface area (Å²) in [5, 5.41) is 1.15. The third-order valence-electron chi connectivity index (χ3n) is 3.14. The van der Waals surface area contributed by atoms with E-state index in [-0.39, 0.29) is 0 Å². The van der Waals surface area contributed by atoms with Gasteiger partial charge in [-0.05, 0) is 32.4 Å². The Balaban J connectivity index is 2.06. The summed E-state index contributed by atoms with van der Waals surface area (Å²) in [6, 6.07) is 0. The average molecular weight is 263 g/mol. The van der Waals surface area contributed by atoms with Gasteiger partial charge in [-0.3, -0.25) is 0 Å². The smallest absolute Gasteiger partial charge is 0.0110 e. The maximum absolute atomic E-state index is 3.50. The van der Waals surface area contributed by atoms with Crippen LogP contribution < -0.4 is 0 Å². The predicted octanol–water partition coefficient (Wildman–Crippen LogP) is 2.04. The zero-order valence-electron chi connectivity index (χ0n) is 9.51. The lowest BCUT2D eigenvalue weighted by molar-refractivity contribution is 0.147. The SMILES string of the molecule is CC(CCBr)CCN1CCN(C)CC1. The Bertz CT molecular complexity index is 144. The van der Waals surface area contributed by atoms with Gasteiger partial charge in [0.2, 0.25) is 0 Å². The van der Waals surface area contributed by atoms with E-state index in [1.165, 1.54) is 45.6 Å². The lowest BCUT2D eigenvalue weighted by atomic mass is 10.0. The molecule has 1 rings (SSSR count). The fourth-order valence-corrected chi connectivity index (χ4v) is 2.59. The quantitative estimate of drug-likeness (QED) is 0.700. The van der Waals surface area contributed by atoms with Crippen molar-refractivity contribution in [2.24, 2.45) is 5.92 Å². The normalized spacial score (nSPS) is 22.5. The fraction of sp³-hybridized carbons (Fsp3) is 1.00. The van der Waals surface area contributed by atoms with Crippen molar-refractivity contribution in [3.63, 3.8) is 0 Å². The molecule has 1 atom stereocenters. The molecule has 1 fully saturated rings. The lowest BCUT2D eigenvalue weighted by Crippen LogP contribution is -2.44. The second-order valence-corrected chi connectivity index (χ2v) is 5.31. The van der Waals surface area contributed by atoms with Gasteiger partial charge in [0.1, 0.15) is 0 Å². The average Bonchev–Trinajstić information content (AvgIpc) is 2.17. The first kappa shape index (κ1) is 12.5. The molecule has 84 valence electrons. The Morgan fingerprint density at radius 1 is 1.14 bits per heavy atom. The zero-order valence-corrected chi connectivity index (χ0v) is 11.1. The van der Waals surface area contributed by atoms with Gasteiger partial charge in [0, 0.05) is 31.5 Å². The number of alkyl halides is 1. The number of hydrogen-bond donors (Lipinski definition) is 0. The van der Waals surface area contributed by atoms with Gasteiger partial charge in [-0.1, -0.05) is 22.9 Å². The molecule has 0 bridgehead atoms. The molecule has 2 nitrogen and oxygen atoms in total. The molecule has 0 saturated carbocycles. The van der Waals surface area contributed by atoms with Crippen LogP contribution in [0.4, 0.5) is 0 Å². The summed E-state index contributed by atoms with van der Waals surface area (Å²) < 4.78 is 0. The van der Waals surface area contributed by atoms with Crippen LogP contribution in [0.25, 0.3) is 0 Å². The molecule has 1 heterocycles. The Morgan fingerprint density at radius 3 is 2.36 bits per heavy atom. The molecule has 14 heavy (non-hydrogen) atoms. The van der Waals surface area contributed by atoms with Crippen LogP contribution in [0.1, 0.15) is 19.8 Å². The molecule has 1 aliphatic rings. The molecule has 3 heteroatoms. The van der Waals surface area contributed by atoms with Crippen molar-refractivity contribution >= 4 is 15.9 Å². The maximum Gasteiger partial charge on any atom is 0.0110 e. The summed E-state index contributed by atoms with van der Waals surface area (Å²) in [5.41, 5.74) is 0. The Morgan fingerprint density at radius 2 is 1.79 bits per heavy atom. The van der Waals surface area contributed by atoms with E-state index in [9.17, 15) is 0 Å². The molecule has 1 unspecified atom stereocenters. The third-order valence-corrected chi connectivity index (χ3v) is 3.59. The van der Waals surface area contributed by atoms with Crippen molar-refractivity contribution in [3.8, 4) is 0 Å². The third kappa shape index (κ3) is 4.76. The Hall–Kier alpha value is 0.400. The molecule has 1 aliphatic heterocycles. The minimum Gasteiger partial charge on any atom is -0.304 e. The van der Waals surface area contributed by atoms with Crippen LogP contribution >= 0.6 is 15.9 Å². The van der Waals surface area contributed by atoms with Crippen LogP contribution in [0.5, 0.6) is 0 Å². The molecule has 0 aromatic carbocycles. The number of halogens is 1. The summed E-state index contributed by atoms with van der Waals surface area (Å²) in [6.45, 7) is 8.66. The minimum absolute atomic E-state index is 0.869. The van der Waals surface area contributed by atoms with E-state index in [0.29, 0.717) is 0 Å². The summed E-state index contributed by atoms with van der Waals surface area (Å²) in [4.78, 5) is 5.02.